The smallest absolute Gasteiger partial charge is 0.00219 e. The molecule has 0 aliphatic carbocycles. The summed E-state index contributed by atoms with van der Waals surface area (Å²) in [5, 5.41) is 0. The summed E-state index contributed by atoms with van der Waals surface area (Å²) in [6, 6.07) is 0. The van der Waals surface area contributed by atoms with Crippen molar-refractivity contribution >= 4 is 0 Å². The average Bonchev–Trinajstić information content (AvgIpc) is 2.43. The molecule has 0 saturated carbocycles. The number of nitrogens with zero attached hydrogens (tertiary/aromatic N) is 2. The predicted octanol–water partition coefficient (Wildman–Crippen LogP) is 5.04. The lowest BCUT2D eigenvalue weighted by Crippen LogP contribution is -2.18. The average molecular weight is 287 g/mol. The van der Waals surface area contributed by atoms with Crippen LogP contribution < -0.4 is 0 Å². The summed E-state index contributed by atoms with van der Waals surface area (Å²) in [5.41, 5.74) is 0. The normalized spacial score (nSPS) is 10.8. The SMILES string of the molecule is CCCCCCCCN(C)CC.CCCCCN(C)C. The molecule has 0 amide bonds. The molecule has 0 aliphatic heterocycles. The summed E-state index contributed by atoms with van der Waals surface area (Å²) in [6.45, 7) is 10.4. The van der Waals surface area contributed by atoms with E-state index < -0.39 is 0 Å². The fraction of sp³-hybridized carbons (Fsp3) is 1.00. The third-order valence-electron chi connectivity index (χ3n) is 3.64. The number of unbranched alkanes of at least 4 members (excludes halogenated alkanes) is 7. The lowest BCUT2D eigenvalue weighted by atomic mass is 10.1. The number of hydrogen-bond acceptors (Lipinski definition) is 2. The molecule has 124 valence electrons. The second kappa shape index (κ2) is 18.9. The molecule has 0 fully saturated rings. The van der Waals surface area contributed by atoms with E-state index in [1.165, 1.54) is 77.4 Å². The van der Waals surface area contributed by atoms with Crippen LogP contribution >= 0.6 is 0 Å². The Morgan fingerprint density at radius 2 is 1.00 bits per heavy atom. The molecular formula is C18H42N2. The molecule has 0 aromatic carbocycles. The van der Waals surface area contributed by atoms with Gasteiger partial charge in [-0.05, 0) is 53.6 Å². The van der Waals surface area contributed by atoms with E-state index >= 15 is 0 Å². The van der Waals surface area contributed by atoms with E-state index in [1.54, 1.807) is 0 Å². The zero-order valence-corrected chi connectivity index (χ0v) is 15.4. The van der Waals surface area contributed by atoms with Crippen molar-refractivity contribution in [3.8, 4) is 0 Å². The molecule has 0 bridgehead atoms. The number of rotatable bonds is 12. The van der Waals surface area contributed by atoms with E-state index in [0.29, 0.717) is 0 Å². The van der Waals surface area contributed by atoms with E-state index in [1.807, 2.05) is 0 Å². The van der Waals surface area contributed by atoms with Crippen LogP contribution in [-0.4, -0.2) is 50.6 Å². The van der Waals surface area contributed by atoms with Crippen molar-refractivity contribution in [2.75, 3.05) is 40.8 Å². The third kappa shape index (κ3) is 23.0. The lowest BCUT2D eigenvalue weighted by Gasteiger charge is -2.12. The zero-order valence-electron chi connectivity index (χ0n) is 15.4. The molecule has 0 aromatic heterocycles. The maximum Gasteiger partial charge on any atom is -0.00219 e. The molecule has 0 rings (SSSR count). The fourth-order valence-corrected chi connectivity index (χ4v) is 2.00. The van der Waals surface area contributed by atoms with Crippen LogP contribution in [0.3, 0.4) is 0 Å². The first kappa shape index (κ1) is 22.2. The van der Waals surface area contributed by atoms with E-state index in [9.17, 15) is 0 Å². The van der Waals surface area contributed by atoms with E-state index in [0.717, 1.165) is 0 Å². The first-order chi connectivity index (χ1) is 9.58. The summed E-state index contributed by atoms with van der Waals surface area (Å²) in [7, 11) is 6.44. The highest BCUT2D eigenvalue weighted by Crippen LogP contribution is 2.05. The molecule has 0 aromatic rings. The van der Waals surface area contributed by atoms with Gasteiger partial charge in [-0.25, -0.2) is 0 Å². The van der Waals surface area contributed by atoms with E-state index in [4.69, 9.17) is 0 Å². The Morgan fingerprint density at radius 3 is 1.50 bits per heavy atom. The maximum absolute atomic E-state index is 2.39. The van der Waals surface area contributed by atoms with Crippen molar-refractivity contribution in [1.82, 2.24) is 9.80 Å². The molecule has 20 heavy (non-hydrogen) atoms. The van der Waals surface area contributed by atoms with Crippen LogP contribution in [0, 0.1) is 0 Å². The van der Waals surface area contributed by atoms with Crippen molar-refractivity contribution in [3.63, 3.8) is 0 Å². The van der Waals surface area contributed by atoms with Crippen molar-refractivity contribution in [3.05, 3.63) is 0 Å². The maximum atomic E-state index is 2.39. The highest BCUT2D eigenvalue weighted by Gasteiger charge is 1.93. The van der Waals surface area contributed by atoms with Crippen molar-refractivity contribution < 1.29 is 0 Å². The van der Waals surface area contributed by atoms with Gasteiger partial charge < -0.3 is 9.80 Å². The van der Waals surface area contributed by atoms with E-state index in [-0.39, 0.29) is 0 Å². The predicted molar refractivity (Wildman–Crippen MR) is 94.6 cm³/mol. The van der Waals surface area contributed by atoms with Gasteiger partial charge in [-0.1, -0.05) is 65.7 Å². The first-order valence-corrected chi connectivity index (χ1v) is 8.91. The fourth-order valence-electron chi connectivity index (χ4n) is 2.00. The molecule has 0 unspecified atom stereocenters. The van der Waals surface area contributed by atoms with Crippen molar-refractivity contribution in [2.45, 2.75) is 78.6 Å². The van der Waals surface area contributed by atoms with Crippen LogP contribution in [0.2, 0.25) is 0 Å². The molecule has 0 aliphatic rings. The van der Waals surface area contributed by atoms with Gasteiger partial charge in [0.25, 0.3) is 0 Å². The largest absolute Gasteiger partial charge is 0.309 e. The first-order valence-electron chi connectivity index (χ1n) is 8.91. The molecule has 0 N–H and O–H groups in total. The van der Waals surface area contributed by atoms with Gasteiger partial charge in [-0.2, -0.15) is 0 Å². The van der Waals surface area contributed by atoms with Crippen LogP contribution in [-0.2, 0) is 0 Å². The van der Waals surface area contributed by atoms with Crippen molar-refractivity contribution in [1.29, 1.82) is 0 Å². The highest BCUT2D eigenvalue weighted by atomic mass is 15.1. The Labute approximate surface area is 129 Å². The number of hydrogen-bond donors (Lipinski definition) is 0. The quantitative estimate of drug-likeness (QED) is 0.464. The summed E-state index contributed by atoms with van der Waals surface area (Å²) in [6.07, 6.45) is 12.5. The van der Waals surface area contributed by atoms with Gasteiger partial charge in [0.1, 0.15) is 0 Å². The molecule has 2 nitrogen and oxygen atoms in total. The molecular weight excluding hydrogens is 244 g/mol. The zero-order chi connectivity index (χ0) is 15.6. The summed E-state index contributed by atoms with van der Waals surface area (Å²) in [4.78, 5) is 4.62. The Kier molecular flexibility index (Phi) is 21.0. The Morgan fingerprint density at radius 1 is 0.550 bits per heavy atom. The minimum atomic E-state index is 1.19. The Balaban J connectivity index is 0. The van der Waals surface area contributed by atoms with Crippen LogP contribution in [0.25, 0.3) is 0 Å². The third-order valence-corrected chi connectivity index (χ3v) is 3.64. The molecule has 0 saturated heterocycles. The standard InChI is InChI=1S/C11H25N.C7H17N/c1-4-6-7-8-9-10-11-12(3)5-2;1-4-5-6-7-8(2)3/h4-11H2,1-3H3;4-7H2,1-3H3. The second-order valence-corrected chi connectivity index (χ2v) is 6.17. The Bertz CT molecular complexity index is 157. The van der Waals surface area contributed by atoms with Crippen LogP contribution in [0.4, 0.5) is 0 Å². The van der Waals surface area contributed by atoms with Gasteiger partial charge in [0, 0.05) is 0 Å². The second-order valence-electron chi connectivity index (χ2n) is 6.17. The topological polar surface area (TPSA) is 6.48 Å². The van der Waals surface area contributed by atoms with Gasteiger partial charge in [0.05, 0.1) is 0 Å². The van der Waals surface area contributed by atoms with Crippen LogP contribution in [0.5, 0.6) is 0 Å². The van der Waals surface area contributed by atoms with Gasteiger partial charge in [-0.15, -0.1) is 0 Å². The molecule has 0 spiro atoms. The minimum absolute atomic E-state index is 1.19. The molecule has 0 atom stereocenters. The molecule has 0 heterocycles. The van der Waals surface area contributed by atoms with Gasteiger partial charge in [0.2, 0.25) is 0 Å². The Hall–Kier alpha value is -0.0800. The minimum Gasteiger partial charge on any atom is -0.309 e. The molecule has 0 radical (unpaired) electrons. The molecule has 2 heteroatoms. The summed E-state index contributed by atoms with van der Waals surface area (Å²) in [5.74, 6) is 0. The monoisotopic (exact) mass is 286 g/mol. The van der Waals surface area contributed by atoms with Crippen LogP contribution in [0.1, 0.15) is 78.6 Å². The van der Waals surface area contributed by atoms with Crippen LogP contribution in [0.15, 0.2) is 0 Å². The summed E-state index contributed by atoms with van der Waals surface area (Å²) < 4.78 is 0. The lowest BCUT2D eigenvalue weighted by molar-refractivity contribution is 0.340. The highest BCUT2D eigenvalue weighted by molar-refractivity contribution is 4.49. The van der Waals surface area contributed by atoms with Gasteiger partial charge >= 0.3 is 0 Å². The van der Waals surface area contributed by atoms with Gasteiger partial charge in [-0.3, -0.25) is 0 Å². The van der Waals surface area contributed by atoms with Crippen molar-refractivity contribution in [2.24, 2.45) is 0 Å². The van der Waals surface area contributed by atoms with E-state index in [2.05, 4.69) is 51.7 Å². The van der Waals surface area contributed by atoms with Gasteiger partial charge in [0.15, 0.2) is 0 Å². The summed E-state index contributed by atoms with van der Waals surface area (Å²) >= 11 is 0.